The molecule has 0 bridgehead atoms. The molecule has 0 aliphatic rings. The molecule has 0 spiro atoms. The predicted molar refractivity (Wildman–Crippen MR) is 47.8 cm³/mol. The molecule has 1 heterocycles. The van der Waals surface area contributed by atoms with Crippen molar-refractivity contribution in [3.05, 3.63) is 12.2 Å². The third-order valence-electron chi connectivity index (χ3n) is 1.80. The Kier molecular flexibility index (Phi) is 3.19. The number of aromatic nitrogens is 3. The Hall–Kier alpha value is -1.43. The SMILES string of the molecule is CC(C)n1ncnc1CC(O)C(=O)O. The van der Waals surface area contributed by atoms with E-state index in [2.05, 4.69) is 10.1 Å². The molecule has 0 aliphatic carbocycles. The number of carboxylic acids is 1. The first-order valence-electron chi connectivity index (χ1n) is 4.31. The predicted octanol–water partition coefficient (Wildman–Crippen LogP) is -0.153. The average Bonchev–Trinajstić information content (AvgIpc) is 2.52. The van der Waals surface area contributed by atoms with Gasteiger partial charge in [0.15, 0.2) is 6.10 Å². The van der Waals surface area contributed by atoms with Gasteiger partial charge in [0.2, 0.25) is 0 Å². The van der Waals surface area contributed by atoms with Gasteiger partial charge in [-0.2, -0.15) is 5.10 Å². The number of hydrogen-bond acceptors (Lipinski definition) is 4. The lowest BCUT2D eigenvalue weighted by atomic mass is 10.2. The van der Waals surface area contributed by atoms with Gasteiger partial charge in [0.25, 0.3) is 0 Å². The minimum absolute atomic E-state index is 0.0203. The second-order valence-corrected chi connectivity index (χ2v) is 3.27. The Bertz CT molecular complexity index is 321. The lowest BCUT2D eigenvalue weighted by Crippen LogP contribution is -2.24. The highest BCUT2D eigenvalue weighted by atomic mass is 16.4. The molecule has 1 rings (SSSR count). The molecule has 0 amide bonds. The van der Waals surface area contributed by atoms with Crippen LogP contribution in [-0.2, 0) is 11.2 Å². The smallest absolute Gasteiger partial charge is 0.332 e. The fourth-order valence-corrected chi connectivity index (χ4v) is 1.11. The number of nitrogens with zero attached hydrogens (tertiary/aromatic N) is 3. The maximum atomic E-state index is 10.4. The van der Waals surface area contributed by atoms with E-state index in [1.54, 1.807) is 4.68 Å². The first-order valence-corrected chi connectivity index (χ1v) is 4.31. The summed E-state index contributed by atoms with van der Waals surface area (Å²) in [5, 5.41) is 21.6. The van der Waals surface area contributed by atoms with E-state index in [0.717, 1.165) is 0 Å². The Morgan fingerprint density at radius 3 is 2.79 bits per heavy atom. The van der Waals surface area contributed by atoms with Gasteiger partial charge < -0.3 is 10.2 Å². The van der Waals surface area contributed by atoms with Gasteiger partial charge in [-0.05, 0) is 13.8 Å². The third-order valence-corrected chi connectivity index (χ3v) is 1.80. The van der Waals surface area contributed by atoms with Crippen LogP contribution in [0.15, 0.2) is 6.33 Å². The van der Waals surface area contributed by atoms with Crippen molar-refractivity contribution in [3.63, 3.8) is 0 Å². The summed E-state index contributed by atoms with van der Waals surface area (Å²) in [6, 6.07) is 0.105. The highest BCUT2D eigenvalue weighted by Crippen LogP contribution is 2.07. The van der Waals surface area contributed by atoms with Crippen LogP contribution in [0.2, 0.25) is 0 Å². The standard InChI is InChI=1S/C8H13N3O3/c1-5(2)11-7(9-4-10-11)3-6(12)8(13)14/h4-6,12H,3H2,1-2H3,(H,13,14). The summed E-state index contributed by atoms with van der Waals surface area (Å²) in [5.41, 5.74) is 0. The van der Waals surface area contributed by atoms with Gasteiger partial charge in [-0.15, -0.1) is 0 Å². The highest BCUT2D eigenvalue weighted by Gasteiger charge is 2.18. The van der Waals surface area contributed by atoms with E-state index < -0.39 is 12.1 Å². The van der Waals surface area contributed by atoms with E-state index >= 15 is 0 Å². The van der Waals surface area contributed by atoms with Crippen LogP contribution < -0.4 is 0 Å². The van der Waals surface area contributed by atoms with Crippen molar-refractivity contribution in [2.24, 2.45) is 0 Å². The maximum Gasteiger partial charge on any atom is 0.332 e. The van der Waals surface area contributed by atoms with Crippen molar-refractivity contribution < 1.29 is 15.0 Å². The largest absolute Gasteiger partial charge is 0.479 e. The van der Waals surface area contributed by atoms with Crippen LogP contribution in [0, 0.1) is 0 Å². The summed E-state index contributed by atoms with van der Waals surface area (Å²) in [7, 11) is 0. The fourth-order valence-electron chi connectivity index (χ4n) is 1.11. The minimum atomic E-state index is -1.42. The van der Waals surface area contributed by atoms with Crippen LogP contribution >= 0.6 is 0 Å². The lowest BCUT2D eigenvalue weighted by Gasteiger charge is -2.10. The van der Waals surface area contributed by atoms with Gasteiger partial charge in [-0.25, -0.2) is 14.5 Å². The van der Waals surface area contributed by atoms with E-state index in [0.29, 0.717) is 5.82 Å². The van der Waals surface area contributed by atoms with Crippen LogP contribution in [0.4, 0.5) is 0 Å². The summed E-state index contributed by atoms with van der Waals surface area (Å²) in [5.74, 6) is -0.766. The van der Waals surface area contributed by atoms with Crippen LogP contribution in [0.25, 0.3) is 0 Å². The molecule has 14 heavy (non-hydrogen) atoms. The van der Waals surface area contributed by atoms with Crippen LogP contribution in [-0.4, -0.2) is 37.1 Å². The summed E-state index contributed by atoms with van der Waals surface area (Å²) >= 11 is 0. The number of hydrogen-bond donors (Lipinski definition) is 2. The van der Waals surface area contributed by atoms with Gasteiger partial charge in [0.1, 0.15) is 12.2 Å². The summed E-state index contributed by atoms with van der Waals surface area (Å²) < 4.78 is 1.59. The van der Waals surface area contributed by atoms with Crippen molar-refractivity contribution >= 4 is 5.97 Å². The molecule has 0 aliphatic heterocycles. The average molecular weight is 199 g/mol. The summed E-state index contributed by atoms with van der Waals surface area (Å²) in [6.07, 6.45) is -0.0890. The van der Waals surface area contributed by atoms with Crippen LogP contribution in [0.3, 0.4) is 0 Å². The van der Waals surface area contributed by atoms with E-state index in [4.69, 9.17) is 10.2 Å². The number of aliphatic hydroxyl groups excluding tert-OH is 1. The molecule has 0 aromatic carbocycles. The Balaban J connectivity index is 2.76. The van der Waals surface area contributed by atoms with Crippen LogP contribution in [0.5, 0.6) is 0 Å². The molecule has 1 atom stereocenters. The number of aliphatic hydroxyl groups is 1. The zero-order valence-corrected chi connectivity index (χ0v) is 8.08. The van der Waals surface area contributed by atoms with Gasteiger partial charge in [-0.3, -0.25) is 0 Å². The molecule has 0 radical (unpaired) electrons. The molecule has 78 valence electrons. The monoisotopic (exact) mass is 199 g/mol. The fraction of sp³-hybridized carbons (Fsp3) is 0.625. The van der Waals surface area contributed by atoms with Gasteiger partial charge >= 0.3 is 5.97 Å². The maximum absolute atomic E-state index is 10.4. The molecule has 6 heteroatoms. The van der Waals surface area contributed by atoms with Crippen molar-refractivity contribution in [1.82, 2.24) is 14.8 Å². The third kappa shape index (κ3) is 2.29. The van der Waals surface area contributed by atoms with Crippen molar-refractivity contribution in [3.8, 4) is 0 Å². The zero-order valence-electron chi connectivity index (χ0n) is 8.08. The van der Waals surface area contributed by atoms with Crippen molar-refractivity contribution in [2.75, 3.05) is 0 Å². The molecular formula is C8H13N3O3. The van der Waals surface area contributed by atoms with E-state index in [9.17, 15) is 4.79 Å². The molecule has 2 N–H and O–H groups in total. The van der Waals surface area contributed by atoms with Gasteiger partial charge in [0.05, 0.1) is 0 Å². The first kappa shape index (κ1) is 10.6. The van der Waals surface area contributed by atoms with Crippen molar-refractivity contribution in [2.45, 2.75) is 32.4 Å². The van der Waals surface area contributed by atoms with Crippen LogP contribution in [0.1, 0.15) is 25.7 Å². The Morgan fingerprint density at radius 1 is 1.64 bits per heavy atom. The summed E-state index contributed by atoms with van der Waals surface area (Å²) in [6.45, 7) is 3.82. The summed E-state index contributed by atoms with van der Waals surface area (Å²) in [4.78, 5) is 14.3. The normalized spacial score (nSPS) is 13.1. The molecule has 0 saturated carbocycles. The van der Waals surface area contributed by atoms with Gasteiger partial charge in [0, 0.05) is 12.5 Å². The molecule has 1 unspecified atom stereocenters. The Morgan fingerprint density at radius 2 is 2.29 bits per heavy atom. The molecule has 0 fully saturated rings. The minimum Gasteiger partial charge on any atom is -0.479 e. The topological polar surface area (TPSA) is 88.2 Å². The molecular weight excluding hydrogens is 186 g/mol. The van der Waals surface area contributed by atoms with Gasteiger partial charge in [-0.1, -0.05) is 0 Å². The first-order chi connectivity index (χ1) is 6.52. The molecule has 1 aromatic heterocycles. The molecule has 6 nitrogen and oxygen atoms in total. The highest BCUT2D eigenvalue weighted by molar-refractivity contribution is 5.72. The lowest BCUT2D eigenvalue weighted by molar-refractivity contribution is -0.146. The molecule has 0 saturated heterocycles. The second-order valence-electron chi connectivity index (χ2n) is 3.27. The van der Waals surface area contributed by atoms with Crippen molar-refractivity contribution in [1.29, 1.82) is 0 Å². The second kappa shape index (κ2) is 4.19. The number of rotatable bonds is 4. The number of carboxylic acid groups (broad SMARTS) is 1. The quantitative estimate of drug-likeness (QED) is 0.703. The number of aliphatic carboxylic acids is 1. The van der Waals surface area contributed by atoms with E-state index in [-0.39, 0.29) is 12.5 Å². The van der Waals surface area contributed by atoms with E-state index in [1.165, 1.54) is 6.33 Å². The Labute approximate surface area is 81.2 Å². The van der Waals surface area contributed by atoms with E-state index in [1.807, 2.05) is 13.8 Å². The number of carbonyl (C=O) groups is 1. The zero-order chi connectivity index (χ0) is 10.7. The molecule has 1 aromatic rings.